The van der Waals surface area contributed by atoms with Gasteiger partial charge in [0.25, 0.3) is 22.7 Å². The van der Waals surface area contributed by atoms with Crippen LogP contribution in [0, 0.1) is 17.0 Å². The van der Waals surface area contributed by atoms with E-state index in [-0.39, 0.29) is 27.7 Å². The van der Waals surface area contributed by atoms with Crippen LogP contribution in [0.4, 0.5) is 11.4 Å². The maximum Gasteiger partial charge on any atom is 0.272 e. The van der Waals surface area contributed by atoms with E-state index in [9.17, 15) is 24.5 Å². The number of H-pyrrole nitrogens is 2. The van der Waals surface area contributed by atoms with Gasteiger partial charge < -0.3 is 5.32 Å². The topological polar surface area (TPSA) is 138 Å². The lowest BCUT2D eigenvalue weighted by molar-refractivity contribution is -0.384. The number of carbonyl (C=O) groups excluding carboxylic acids is 1. The number of aromatic nitrogens is 2. The van der Waals surface area contributed by atoms with Crippen LogP contribution in [0.3, 0.4) is 0 Å². The number of nitro groups is 1. The number of amides is 1. The highest BCUT2D eigenvalue weighted by atomic mass is 16.6. The fraction of sp³-hybridized carbons (Fsp3) is 0.0625. The predicted octanol–water partition coefficient (Wildman–Crippen LogP) is 1.69. The average molecular weight is 340 g/mol. The second kappa shape index (κ2) is 6.04. The Hall–Kier alpha value is -3.75. The van der Waals surface area contributed by atoms with Gasteiger partial charge in [-0.15, -0.1) is 0 Å². The highest BCUT2D eigenvalue weighted by molar-refractivity contribution is 6.09. The monoisotopic (exact) mass is 340 g/mol. The van der Waals surface area contributed by atoms with Gasteiger partial charge in [-0.3, -0.25) is 34.7 Å². The summed E-state index contributed by atoms with van der Waals surface area (Å²) < 4.78 is 0. The number of hydrogen-bond acceptors (Lipinski definition) is 5. The number of nitrogens with one attached hydrogen (secondary N) is 3. The van der Waals surface area contributed by atoms with Crippen molar-refractivity contribution in [3.8, 4) is 0 Å². The molecule has 1 aromatic heterocycles. The Labute approximate surface area is 139 Å². The standard InChI is InChI=1S/C16H12N4O5/c1-8-7-9(20(24)25)5-6-10(8)14(21)17-12-4-2-3-11-13(12)16(23)19-18-15(11)22/h2-7H,1H3,(H,17,21)(H,18,22)(H,19,23). The summed E-state index contributed by atoms with van der Waals surface area (Å²) in [5.74, 6) is -0.542. The van der Waals surface area contributed by atoms with E-state index in [1.54, 1.807) is 6.92 Å². The van der Waals surface area contributed by atoms with E-state index in [4.69, 9.17) is 0 Å². The van der Waals surface area contributed by atoms with Crippen LogP contribution in [0.25, 0.3) is 10.8 Å². The van der Waals surface area contributed by atoms with Gasteiger partial charge in [-0.2, -0.15) is 0 Å². The first kappa shape index (κ1) is 16.1. The molecule has 9 nitrogen and oxygen atoms in total. The first-order chi connectivity index (χ1) is 11.9. The van der Waals surface area contributed by atoms with Gasteiger partial charge in [-0.1, -0.05) is 6.07 Å². The molecule has 2 aromatic carbocycles. The lowest BCUT2D eigenvalue weighted by Gasteiger charge is -2.09. The van der Waals surface area contributed by atoms with Crippen molar-refractivity contribution in [2.45, 2.75) is 6.92 Å². The second-order valence-corrected chi connectivity index (χ2v) is 5.35. The van der Waals surface area contributed by atoms with E-state index in [2.05, 4.69) is 15.5 Å². The predicted molar refractivity (Wildman–Crippen MR) is 91.0 cm³/mol. The maximum atomic E-state index is 12.5. The summed E-state index contributed by atoms with van der Waals surface area (Å²) in [6, 6.07) is 8.35. The molecule has 0 saturated carbocycles. The molecule has 0 unspecified atom stereocenters. The quantitative estimate of drug-likeness (QED) is 0.492. The van der Waals surface area contributed by atoms with Crippen LogP contribution in [-0.4, -0.2) is 21.0 Å². The zero-order valence-corrected chi connectivity index (χ0v) is 13.0. The van der Waals surface area contributed by atoms with Crippen molar-refractivity contribution in [2.24, 2.45) is 0 Å². The number of aromatic amines is 2. The summed E-state index contributed by atoms with van der Waals surface area (Å²) >= 11 is 0. The Balaban J connectivity index is 2.04. The largest absolute Gasteiger partial charge is 0.321 e. The molecule has 3 N–H and O–H groups in total. The van der Waals surface area contributed by atoms with Crippen LogP contribution in [-0.2, 0) is 0 Å². The zero-order valence-electron chi connectivity index (χ0n) is 13.0. The minimum atomic E-state index is -0.550. The Bertz CT molecular complexity index is 1130. The molecular formula is C16H12N4O5. The molecule has 0 aliphatic heterocycles. The normalized spacial score (nSPS) is 10.6. The van der Waals surface area contributed by atoms with Crippen molar-refractivity contribution in [1.82, 2.24) is 10.2 Å². The molecule has 0 spiro atoms. The number of rotatable bonds is 3. The number of fused-ring (bicyclic) bond motifs is 1. The van der Waals surface area contributed by atoms with Gasteiger partial charge in [0.05, 0.1) is 21.4 Å². The molecule has 3 rings (SSSR count). The molecule has 0 bridgehead atoms. The summed E-state index contributed by atoms with van der Waals surface area (Å²) in [7, 11) is 0. The van der Waals surface area contributed by atoms with E-state index in [0.29, 0.717) is 5.56 Å². The van der Waals surface area contributed by atoms with Crippen molar-refractivity contribution >= 4 is 28.1 Å². The fourth-order valence-corrected chi connectivity index (χ4v) is 2.54. The molecule has 0 atom stereocenters. The van der Waals surface area contributed by atoms with Crippen molar-refractivity contribution in [3.63, 3.8) is 0 Å². The molecule has 0 radical (unpaired) electrons. The Morgan fingerprint density at radius 1 is 1.12 bits per heavy atom. The van der Waals surface area contributed by atoms with E-state index in [0.717, 1.165) is 0 Å². The van der Waals surface area contributed by atoms with E-state index in [1.807, 2.05) is 0 Å². The van der Waals surface area contributed by atoms with Crippen LogP contribution in [0.1, 0.15) is 15.9 Å². The molecular weight excluding hydrogens is 328 g/mol. The van der Waals surface area contributed by atoms with E-state index >= 15 is 0 Å². The smallest absolute Gasteiger partial charge is 0.272 e. The first-order valence-corrected chi connectivity index (χ1v) is 7.18. The zero-order chi connectivity index (χ0) is 18.1. The minimum Gasteiger partial charge on any atom is -0.321 e. The number of non-ortho nitro benzene ring substituents is 1. The molecule has 0 saturated heterocycles. The summed E-state index contributed by atoms with van der Waals surface area (Å²) in [4.78, 5) is 46.5. The van der Waals surface area contributed by atoms with Gasteiger partial charge in [0.2, 0.25) is 0 Å². The van der Waals surface area contributed by atoms with Crippen molar-refractivity contribution < 1.29 is 9.72 Å². The molecule has 0 fully saturated rings. The van der Waals surface area contributed by atoms with Crippen molar-refractivity contribution in [2.75, 3.05) is 5.32 Å². The molecule has 3 aromatic rings. The molecule has 25 heavy (non-hydrogen) atoms. The van der Waals surface area contributed by atoms with Gasteiger partial charge in [-0.05, 0) is 30.7 Å². The van der Waals surface area contributed by atoms with Crippen LogP contribution >= 0.6 is 0 Å². The third-order valence-electron chi connectivity index (χ3n) is 3.74. The first-order valence-electron chi connectivity index (χ1n) is 7.18. The average Bonchev–Trinajstić information content (AvgIpc) is 2.58. The van der Waals surface area contributed by atoms with Gasteiger partial charge >= 0.3 is 0 Å². The Morgan fingerprint density at radius 3 is 2.52 bits per heavy atom. The third kappa shape index (κ3) is 2.90. The van der Waals surface area contributed by atoms with Crippen LogP contribution in [0.15, 0.2) is 46.0 Å². The van der Waals surface area contributed by atoms with Crippen LogP contribution < -0.4 is 16.4 Å². The summed E-state index contributed by atoms with van der Waals surface area (Å²) in [5, 5.41) is 18.0. The number of hydrogen-bond donors (Lipinski definition) is 3. The lowest BCUT2D eigenvalue weighted by Crippen LogP contribution is -2.21. The van der Waals surface area contributed by atoms with Gasteiger partial charge in [0.1, 0.15) is 0 Å². The molecule has 126 valence electrons. The van der Waals surface area contributed by atoms with Crippen LogP contribution in [0.5, 0.6) is 0 Å². The van der Waals surface area contributed by atoms with Gasteiger partial charge in [0.15, 0.2) is 0 Å². The SMILES string of the molecule is Cc1cc([N+](=O)[O-])ccc1C(=O)Nc1cccc2c(=O)[nH][nH]c(=O)c12. The number of nitrogens with zero attached hydrogens (tertiary/aromatic N) is 1. The highest BCUT2D eigenvalue weighted by Crippen LogP contribution is 2.21. The van der Waals surface area contributed by atoms with Gasteiger partial charge in [-0.25, -0.2) is 0 Å². The molecule has 0 aliphatic carbocycles. The molecule has 1 amide bonds. The summed E-state index contributed by atoms with van der Waals surface area (Å²) in [6.07, 6.45) is 0. The number of nitro benzene ring substituents is 1. The van der Waals surface area contributed by atoms with Crippen molar-refractivity contribution in [1.29, 1.82) is 0 Å². The second-order valence-electron chi connectivity index (χ2n) is 5.35. The number of benzene rings is 2. The lowest BCUT2D eigenvalue weighted by atomic mass is 10.1. The minimum absolute atomic E-state index is 0.0548. The third-order valence-corrected chi connectivity index (χ3v) is 3.74. The highest BCUT2D eigenvalue weighted by Gasteiger charge is 2.16. The molecule has 1 heterocycles. The summed E-state index contributed by atoms with van der Waals surface area (Å²) in [5.41, 5.74) is -0.347. The van der Waals surface area contributed by atoms with Gasteiger partial charge in [0, 0.05) is 17.7 Å². The van der Waals surface area contributed by atoms with E-state index < -0.39 is 21.9 Å². The number of aryl methyl sites for hydroxylation is 1. The Morgan fingerprint density at radius 2 is 1.84 bits per heavy atom. The fourth-order valence-electron chi connectivity index (χ4n) is 2.54. The Kier molecular flexibility index (Phi) is 3.89. The molecule has 9 heteroatoms. The maximum absolute atomic E-state index is 12.5. The summed E-state index contributed by atoms with van der Waals surface area (Å²) in [6.45, 7) is 1.57. The van der Waals surface area contributed by atoms with E-state index in [1.165, 1.54) is 36.4 Å². The molecule has 0 aliphatic rings. The van der Waals surface area contributed by atoms with Crippen molar-refractivity contribution in [3.05, 3.63) is 78.3 Å². The number of anilines is 1. The van der Waals surface area contributed by atoms with Crippen LogP contribution in [0.2, 0.25) is 0 Å². The number of carbonyl (C=O) groups is 1.